The average molecular weight is 410 g/mol. The average Bonchev–Trinajstić information content (AvgIpc) is 2.78. The number of aromatic nitrogens is 1. The predicted octanol–water partition coefficient (Wildman–Crippen LogP) is 2.62. The molecule has 1 fully saturated rings. The summed E-state index contributed by atoms with van der Waals surface area (Å²) in [5, 5.41) is 5.80. The summed E-state index contributed by atoms with van der Waals surface area (Å²) < 4.78 is 0. The van der Waals surface area contributed by atoms with Crippen molar-refractivity contribution in [1.82, 2.24) is 15.2 Å². The topological polar surface area (TPSA) is 77.6 Å². The lowest BCUT2D eigenvalue weighted by atomic mass is 9.97. The van der Waals surface area contributed by atoms with Gasteiger partial charge in [0, 0.05) is 31.7 Å². The highest BCUT2D eigenvalue weighted by atomic mass is 16.2. The Morgan fingerprint density at radius 2 is 1.77 bits per heavy atom. The first kappa shape index (κ1) is 21.8. The van der Waals surface area contributed by atoms with E-state index in [2.05, 4.69) is 32.5 Å². The van der Waals surface area contributed by atoms with Crippen molar-refractivity contribution in [2.45, 2.75) is 26.3 Å². The van der Waals surface area contributed by atoms with Gasteiger partial charge in [0.1, 0.15) is 11.9 Å². The number of anilines is 2. The molecular formula is C23H31N5O2. The molecule has 1 aromatic heterocycles. The number of piperazine rings is 1. The molecule has 7 nitrogen and oxygen atoms in total. The van der Waals surface area contributed by atoms with Crippen molar-refractivity contribution in [2.75, 3.05) is 43.4 Å². The maximum Gasteiger partial charge on any atom is 0.251 e. The van der Waals surface area contributed by atoms with Crippen LogP contribution in [0.2, 0.25) is 0 Å². The first-order chi connectivity index (χ1) is 14.5. The van der Waals surface area contributed by atoms with Gasteiger partial charge in [-0.15, -0.1) is 0 Å². The molecule has 0 bridgehead atoms. The zero-order valence-electron chi connectivity index (χ0n) is 18.0. The molecule has 1 saturated heterocycles. The lowest BCUT2D eigenvalue weighted by Gasteiger charge is -2.33. The number of likely N-dealkylation sites (N-methyl/N-ethyl adjacent to an activating group) is 1. The summed E-state index contributed by atoms with van der Waals surface area (Å²) in [5.41, 5.74) is 1.16. The van der Waals surface area contributed by atoms with Crippen LogP contribution >= 0.6 is 0 Å². The Balaban J connectivity index is 1.64. The fourth-order valence-corrected chi connectivity index (χ4v) is 3.42. The molecule has 0 radical (unpaired) electrons. The number of amides is 2. The molecule has 1 aromatic carbocycles. The first-order valence-electron chi connectivity index (χ1n) is 10.5. The van der Waals surface area contributed by atoms with Crippen molar-refractivity contribution in [3.05, 3.63) is 54.2 Å². The van der Waals surface area contributed by atoms with Gasteiger partial charge in [-0.2, -0.15) is 0 Å². The smallest absolute Gasteiger partial charge is 0.251 e. The van der Waals surface area contributed by atoms with Gasteiger partial charge in [0.15, 0.2) is 0 Å². The van der Waals surface area contributed by atoms with Gasteiger partial charge >= 0.3 is 0 Å². The van der Waals surface area contributed by atoms with E-state index in [4.69, 9.17) is 0 Å². The standard InChI is InChI=1S/C23H31N5O2/c1-4-17(2)21(26-22(29)18-8-6-5-7-9-18)23(30)25-19-10-11-20(24-16-19)28-14-12-27(3)13-15-28/h5-11,16-17,21H,4,12-15H2,1-3H3,(H,25,30)(H,26,29). The molecule has 3 rings (SSSR count). The highest BCUT2D eigenvalue weighted by Gasteiger charge is 2.26. The van der Waals surface area contributed by atoms with Gasteiger partial charge in [-0.25, -0.2) is 4.98 Å². The maximum atomic E-state index is 12.9. The SMILES string of the molecule is CCC(C)C(NC(=O)c1ccccc1)C(=O)Nc1ccc(N2CCN(C)CC2)nc1. The number of benzene rings is 1. The molecule has 1 aliphatic rings. The van der Waals surface area contributed by atoms with E-state index < -0.39 is 6.04 Å². The molecule has 2 atom stereocenters. The predicted molar refractivity (Wildman–Crippen MR) is 120 cm³/mol. The molecule has 7 heteroatoms. The van der Waals surface area contributed by atoms with Crippen LogP contribution in [0.3, 0.4) is 0 Å². The summed E-state index contributed by atoms with van der Waals surface area (Å²) in [5.74, 6) is 0.426. The fraction of sp³-hybridized carbons (Fsp3) is 0.435. The molecule has 2 heterocycles. The van der Waals surface area contributed by atoms with Crippen LogP contribution in [-0.2, 0) is 4.79 Å². The summed E-state index contributed by atoms with van der Waals surface area (Å²) in [6.07, 6.45) is 2.45. The Morgan fingerprint density at radius 1 is 1.07 bits per heavy atom. The van der Waals surface area contributed by atoms with E-state index in [1.807, 2.05) is 32.0 Å². The van der Waals surface area contributed by atoms with Crippen molar-refractivity contribution >= 4 is 23.3 Å². The number of nitrogens with zero attached hydrogens (tertiary/aromatic N) is 3. The van der Waals surface area contributed by atoms with Crippen LogP contribution in [0.1, 0.15) is 30.6 Å². The molecule has 160 valence electrons. The van der Waals surface area contributed by atoms with Gasteiger partial charge in [0.2, 0.25) is 5.91 Å². The molecule has 0 aliphatic carbocycles. The number of pyridine rings is 1. The monoisotopic (exact) mass is 409 g/mol. The largest absolute Gasteiger partial charge is 0.354 e. The third kappa shape index (κ3) is 5.57. The molecule has 2 aromatic rings. The van der Waals surface area contributed by atoms with Crippen LogP contribution in [0.15, 0.2) is 48.7 Å². The molecule has 2 N–H and O–H groups in total. The van der Waals surface area contributed by atoms with E-state index in [1.54, 1.807) is 30.5 Å². The fourth-order valence-electron chi connectivity index (χ4n) is 3.42. The Labute approximate surface area is 178 Å². The number of rotatable bonds is 7. The van der Waals surface area contributed by atoms with Gasteiger partial charge in [0.05, 0.1) is 11.9 Å². The third-order valence-electron chi connectivity index (χ3n) is 5.66. The normalized spacial score (nSPS) is 16.6. The summed E-state index contributed by atoms with van der Waals surface area (Å²) in [7, 11) is 2.12. The minimum atomic E-state index is -0.625. The van der Waals surface area contributed by atoms with E-state index in [1.165, 1.54) is 0 Å². The maximum absolute atomic E-state index is 12.9. The van der Waals surface area contributed by atoms with Crippen LogP contribution < -0.4 is 15.5 Å². The van der Waals surface area contributed by atoms with Gasteiger partial charge in [-0.3, -0.25) is 9.59 Å². The molecular weight excluding hydrogens is 378 g/mol. The van der Waals surface area contributed by atoms with E-state index >= 15 is 0 Å². The van der Waals surface area contributed by atoms with Gasteiger partial charge in [-0.1, -0.05) is 38.5 Å². The Bertz CT molecular complexity index is 832. The van der Waals surface area contributed by atoms with Gasteiger partial charge in [-0.05, 0) is 37.2 Å². The number of carbonyl (C=O) groups is 2. The highest BCUT2D eigenvalue weighted by molar-refractivity contribution is 6.01. The van der Waals surface area contributed by atoms with E-state index in [9.17, 15) is 9.59 Å². The number of hydrogen-bond donors (Lipinski definition) is 2. The number of hydrogen-bond acceptors (Lipinski definition) is 5. The van der Waals surface area contributed by atoms with Crippen LogP contribution in [0.5, 0.6) is 0 Å². The second-order valence-electron chi connectivity index (χ2n) is 7.89. The molecule has 0 spiro atoms. The lowest BCUT2D eigenvalue weighted by Crippen LogP contribution is -2.47. The van der Waals surface area contributed by atoms with Crippen molar-refractivity contribution < 1.29 is 9.59 Å². The van der Waals surface area contributed by atoms with Crippen LogP contribution in [0, 0.1) is 5.92 Å². The summed E-state index contributed by atoms with van der Waals surface area (Å²) in [6.45, 7) is 7.87. The van der Waals surface area contributed by atoms with Crippen LogP contribution in [0.4, 0.5) is 11.5 Å². The molecule has 0 saturated carbocycles. The minimum absolute atomic E-state index is 0.00441. The zero-order valence-corrected chi connectivity index (χ0v) is 18.0. The number of carbonyl (C=O) groups excluding carboxylic acids is 2. The van der Waals surface area contributed by atoms with Crippen LogP contribution in [-0.4, -0.2) is 61.0 Å². The van der Waals surface area contributed by atoms with E-state index in [-0.39, 0.29) is 17.7 Å². The van der Waals surface area contributed by atoms with Gasteiger partial charge in [0.25, 0.3) is 5.91 Å². The van der Waals surface area contributed by atoms with Crippen molar-refractivity contribution in [3.8, 4) is 0 Å². The number of nitrogens with one attached hydrogen (secondary N) is 2. The van der Waals surface area contributed by atoms with E-state index in [0.717, 1.165) is 38.4 Å². The summed E-state index contributed by atoms with van der Waals surface area (Å²) >= 11 is 0. The molecule has 1 aliphatic heterocycles. The lowest BCUT2D eigenvalue weighted by molar-refractivity contribution is -0.119. The highest BCUT2D eigenvalue weighted by Crippen LogP contribution is 2.17. The first-order valence-corrected chi connectivity index (χ1v) is 10.5. The van der Waals surface area contributed by atoms with Crippen LogP contribution in [0.25, 0.3) is 0 Å². The van der Waals surface area contributed by atoms with E-state index in [0.29, 0.717) is 11.3 Å². The van der Waals surface area contributed by atoms with Crippen molar-refractivity contribution in [1.29, 1.82) is 0 Å². The zero-order chi connectivity index (χ0) is 21.5. The molecule has 2 unspecified atom stereocenters. The quantitative estimate of drug-likeness (QED) is 0.735. The Morgan fingerprint density at radius 3 is 2.37 bits per heavy atom. The van der Waals surface area contributed by atoms with Crippen molar-refractivity contribution in [2.24, 2.45) is 5.92 Å². The minimum Gasteiger partial charge on any atom is -0.354 e. The Hall–Kier alpha value is -2.93. The molecule has 30 heavy (non-hydrogen) atoms. The van der Waals surface area contributed by atoms with Gasteiger partial charge < -0.3 is 20.4 Å². The molecule has 2 amide bonds. The van der Waals surface area contributed by atoms with Crippen molar-refractivity contribution in [3.63, 3.8) is 0 Å². The Kier molecular flexibility index (Phi) is 7.41. The summed E-state index contributed by atoms with van der Waals surface area (Å²) in [6, 6.07) is 12.1. The summed E-state index contributed by atoms with van der Waals surface area (Å²) in [4.78, 5) is 34.6. The second kappa shape index (κ2) is 10.2. The third-order valence-corrected chi connectivity index (χ3v) is 5.66. The second-order valence-corrected chi connectivity index (χ2v) is 7.89.